The Labute approximate surface area is 205 Å². The van der Waals surface area contributed by atoms with Crippen LogP contribution in [-0.4, -0.2) is 28.6 Å². The van der Waals surface area contributed by atoms with E-state index in [1.165, 1.54) is 5.56 Å². The van der Waals surface area contributed by atoms with Crippen LogP contribution in [0.25, 0.3) is 11.0 Å². The minimum absolute atomic E-state index is 0.170. The van der Waals surface area contributed by atoms with Crippen LogP contribution in [0.4, 0.5) is 0 Å². The Kier molecular flexibility index (Phi) is 7.86. The van der Waals surface area contributed by atoms with E-state index >= 15 is 0 Å². The molecular weight excluding hydrogens is 446 g/mol. The smallest absolute Gasteiger partial charge is 0.252 e. The highest BCUT2D eigenvalue weighted by atomic mass is 35.5. The molecule has 0 saturated heterocycles. The number of fused-ring (bicyclic) bond motifs is 1. The minimum Gasteiger partial charge on any atom is -0.493 e. The predicted octanol–water partition coefficient (Wildman–Crippen LogP) is 6.14. The molecule has 34 heavy (non-hydrogen) atoms. The van der Waals surface area contributed by atoms with Gasteiger partial charge in [0, 0.05) is 19.5 Å². The molecule has 0 saturated carbocycles. The molecule has 4 rings (SSSR count). The first kappa shape index (κ1) is 23.8. The molecule has 1 aromatic heterocycles. The number of hydrogen-bond donors (Lipinski definition) is 1. The third kappa shape index (κ3) is 5.78. The average Bonchev–Trinajstić information content (AvgIpc) is 3.18. The number of aromatic nitrogens is 2. The topological polar surface area (TPSA) is 56.1 Å². The lowest BCUT2D eigenvalue weighted by molar-refractivity contribution is 0.0954. The van der Waals surface area contributed by atoms with Crippen LogP contribution < -0.4 is 10.1 Å². The zero-order valence-electron chi connectivity index (χ0n) is 19.7. The molecule has 0 unspecified atom stereocenters. The molecule has 0 bridgehead atoms. The summed E-state index contributed by atoms with van der Waals surface area (Å²) in [4.78, 5) is 17.3. The van der Waals surface area contributed by atoms with Gasteiger partial charge in [0.25, 0.3) is 5.91 Å². The Balaban J connectivity index is 1.35. The molecule has 4 aromatic rings. The van der Waals surface area contributed by atoms with Crippen LogP contribution in [0.3, 0.4) is 0 Å². The van der Waals surface area contributed by atoms with Crippen LogP contribution in [0.15, 0.2) is 66.7 Å². The number of rotatable bonds is 10. The Morgan fingerprint density at radius 3 is 2.68 bits per heavy atom. The summed E-state index contributed by atoms with van der Waals surface area (Å²) < 4.78 is 8.27. The first-order valence-corrected chi connectivity index (χ1v) is 12.1. The molecule has 0 atom stereocenters. The Bertz CT molecular complexity index is 1280. The number of unbranched alkanes of at least 4 members (excludes halogenated alkanes) is 1. The summed E-state index contributed by atoms with van der Waals surface area (Å²) in [6.45, 7) is 6.17. The van der Waals surface area contributed by atoms with Gasteiger partial charge in [-0.05, 0) is 68.1 Å². The van der Waals surface area contributed by atoms with Crippen molar-refractivity contribution < 1.29 is 9.53 Å². The number of carbonyl (C=O) groups is 1. The lowest BCUT2D eigenvalue weighted by Gasteiger charge is -2.12. The maximum atomic E-state index is 12.5. The normalized spacial score (nSPS) is 11.0. The van der Waals surface area contributed by atoms with E-state index in [2.05, 4.69) is 48.0 Å². The van der Waals surface area contributed by atoms with E-state index in [0.717, 1.165) is 47.6 Å². The minimum atomic E-state index is -0.170. The summed E-state index contributed by atoms with van der Waals surface area (Å²) in [5, 5.41) is 3.42. The number of para-hydroxylation sites is 2. The number of carbonyl (C=O) groups excluding carboxylic acids is 1. The monoisotopic (exact) mass is 475 g/mol. The van der Waals surface area contributed by atoms with Crippen molar-refractivity contribution in [3.8, 4) is 5.75 Å². The fourth-order valence-corrected chi connectivity index (χ4v) is 4.23. The van der Waals surface area contributed by atoms with Gasteiger partial charge in [0.05, 0.1) is 28.2 Å². The molecule has 0 radical (unpaired) electrons. The van der Waals surface area contributed by atoms with Gasteiger partial charge >= 0.3 is 0 Å². The highest BCUT2D eigenvalue weighted by Gasteiger charge is 2.13. The molecule has 1 amide bonds. The molecular formula is C28H30ClN3O2. The van der Waals surface area contributed by atoms with Crippen LogP contribution >= 0.6 is 11.6 Å². The number of aryl methyl sites for hydroxylation is 3. The van der Waals surface area contributed by atoms with E-state index in [9.17, 15) is 4.79 Å². The summed E-state index contributed by atoms with van der Waals surface area (Å²) >= 11 is 6.14. The predicted molar refractivity (Wildman–Crippen MR) is 138 cm³/mol. The van der Waals surface area contributed by atoms with Crippen molar-refractivity contribution >= 4 is 28.5 Å². The van der Waals surface area contributed by atoms with E-state index in [4.69, 9.17) is 21.3 Å². The van der Waals surface area contributed by atoms with Crippen LogP contribution in [-0.2, 0) is 13.0 Å². The first-order valence-electron chi connectivity index (χ1n) is 11.7. The average molecular weight is 476 g/mol. The van der Waals surface area contributed by atoms with Crippen molar-refractivity contribution in [2.45, 2.75) is 39.7 Å². The van der Waals surface area contributed by atoms with Crippen molar-refractivity contribution in [2.75, 3.05) is 13.2 Å². The van der Waals surface area contributed by atoms with Crippen LogP contribution in [0.5, 0.6) is 5.75 Å². The molecule has 1 N–H and O–H groups in total. The highest BCUT2D eigenvalue weighted by Crippen LogP contribution is 2.21. The zero-order valence-corrected chi connectivity index (χ0v) is 20.4. The number of hydrogen-bond acceptors (Lipinski definition) is 3. The van der Waals surface area contributed by atoms with Crippen LogP contribution in [0.1, 0.15) is 40.2 Å². The Morgan fingerprint density at radius 2 is 1.82 bits per heavy atom. The van der Waals surface area contributed by atoms with Gasteiger partial charge in [-0.25, -0.2) is 4.98 Å². The third-order valence-electron chi connectivity index (χ3n) is 5.86. The van der Waals surface area contributed by atoms with Crippen molar-refractivity contribution in [1.29, 1.82) is 0 Å². The lowest BCUT2D eigenvalue weighted by atomic mass is 10.1. The van der Waals surface area contributed by atoms with Gasteiger partial charge in [-0.1, -0.05) is 48.0 Å². The molecule has 3 aromatic carbocycles. The third-order valence-corrected chi connectivity index (χ3v) is 6.19. The fourth-order valence-electron chi connectivity index (χ4n) is 4.01. The maximum absolute atomic E-state index is 12.5. The Hall–Kier alpha value is -3.31. The fraction of sp³-hybridized carbons (Fsp3) is 0.286. The number of nitrogens with one attached hydrogen (secondary N) is 1. The van der Waals surface area contributed by atoms with E-state index in [0.29, 0.717) is 30.2 Å². The molecule has 0 aliphatic carbocycles. The quantitative estimate of drug-likeness (QED) is 0.280. The van der Waals surface area contributed by atoms with Crippen molar-refractivity contribution in [3.63, 3.8) is 0 Å². The molecule has 0 aliphatic heterocycles. The van der Waals surface area contributed by atoms with Gasteiger partial charge in [-0.3, -0.25) is 4.79 Å². The molecule has 0 aliphatic rings. The van der Waals surface area contributed by atoms with Crippen molar-refractivity contribution in [1.82, 2.24) is 14.9 Å². The summed E-state index contributed by atoms with van der Waals surface area (Å²) in [7, 11) is 0. The number of imidazole rings is 1. The van der Waals surface area contributed by atoms with Gasteiger partial charge in [-0.15, -0.1) is 0 Å². The van der Waals surface area contributed by atoms with E-state index in [-0.39, 0.29) is 5.91 Å². The molecule has 0 fully saturated rings. The van der Waals surface area contributed by atoms with Gasteiger partial charge in [0.1, 0.15) is 11.6 Å². The largest absolute Gasteiger partial charge is 0.493 e. The second-order valence-electron chi connectivity index (χ2n) is 8.48. The standard InChI is InChI=1S/C28H30ClN3O2/c1-20-13-14-21(2)26(19-20)34-18-8-7-17-32-25-12-6-5-11-24(25)31-27(32)15-16-30-28(33)22-9-3-4-10-23(22)29/h3-6,9-14,19H,7-8,15-18H2,1-2H3,(H,30,33). The number of benzene rings is 3. The van der Waals surface area contributed by atoms with Crippen molar-refractivity contribution in [3.05, 3.63) is 94.3 Å². The van der Waals surface area contributed by atoms with Gasteiger partial charge in [-0.2, -0.15) is 0 Å². The molecule has 5 nitrogen and oxygen atoms in total. The summed E-state index contributed by atoms with van der Waals surface area (Å²) in [5.74, 6) is 1.76. The zero-order chi connectivity index (χ0) is 23.9. The van der Waals surface area contributed by atoms with E-state index in [1.54, 1.807) is 12.1 Å². The molecule has 1 heterocycles. The maximum Gasteiger partial charge on any atom is 0.252 e. The lowest BCUT2D eigenvalue weighted by Crippen LogP contribution is -2.26. The number of nitrogens with zero attached hydrogens (tertiary/aromatic N) is 2. The van der Waals surface area contributed by atoms with Crippen LogP contribution in [0, 0.1) is 13.8 Å². The molecule has 176 valence electrons. The summed E-state index contributed by atoms with van der Waals surface area (Å²) in [6.07, 6.45) is 2.57. The van der Waals surface area contributed by atoms with E-state index < -0.39 is 0 Å². The second kappa shape index (κ2) is 11.2. The number of ether oxygens (including phenoxy) is 1. The number of halogens is 1. The number of amides is 1. The van der Waals surface area contributed by atoms with Gasteiger partial charge in [0.15, 0.2) is 0 Å². The van der Waals surface area contributed by atoms with Gasteiger partial charge < -0.3 is 14.6 Å². The first-order chi connectivity index (χ1) is 16.5. The van der Waals surface area contributed by atoms with Gasteiger partial charge in [0.2, 0.25) is 0 Å². The molecule has 6 heteroatoms. The second-order valence-corrected chi connectivity index (χ2v) is 8.89. The summed E-state index contributed by atoms with van der Waals surface area (Å²) in [5.41, 5.74) is 4.94. The highest BCUT2D eigenvalue weighted by molar-refractivity contribution is 6.33. The van der Waals surface area contributed by atoms with Crippen LogP contribution in [0.2, 0.25) is 5.02 Å². The Morgan fingerprint density at radius 1 is 1.03 bits per heavy atom. The molecule has 0 spiro atoms. The van der Waals surface area contributed by atoms with E-state index in [1.807, 2.05) is 30.3 Å². The summed E-state index contributed by atoms with van der Waals surface area (Å²) in [6, 6.07) is 21.5. The van der Waals surface area contributed by atoms with Crippen molar-refractivity contribution in [2.24, 2.45) is 0 Å². The SMILES string of the molecule is Cc1ccc(C)c(OCCCCn2c(CCNC(=O)c3ccccc3Cl)nc3ccccc32)c1.